The van der Waals surface area contributed by atoms with Gasteiger partial charge in [-0.05, 0) is 19.4 Å². The smallest absolute Gasteiger partial charge is 0.307 e. The van der Waals surface area contributed by atoms with Gasteiger partial charge < -0.3 is 23.7 Å². The number of rotatable bonds is 11. The number of benzene rings is 1. The fraction of sp³-hybridized carbons (Fsp3) is 0.542. The van der Waals surface area contributed by atoms with Gasteiger partial charge in [-0.25, -0.2) is 0 Å². The zero-order chi connectivity index (χ0) is 22.4. The minimum atomic E-state index is -0.750. The normalized spacial score (nSPS) is 27.6. The largest absolute Gasteiger partial charge is 0.461 e. The molecule has 0 saturated carbocycles. The van der Waals surface area contributed by atoms with Crippen LogP contribution in [0.2, 0.25) is 0 Å². The molecule has 2 fully saturated rings. The van der Waals surface area contributed by atoms with Gasteiger partial charge in [0.15, 0.2) is 12.1 Å². The summed E-state index contributed by atoms with van der Waals surface area (Å²) in [5.41, 5.74) is 1.12. The second-order valence-corrected chi connectivity index (χ2v) is 8.22. The summed E-state index contributed by atoms with van der Waals surface area (Å²) in [6.45, 7) is 12.5. The molecular weight excluding hydrogens is 398 g/mol. The Hall–Kier alpha value is -2.03. The van der Waals surface area contributed by atoms with Crippen molar-refractivity contribution in [3.8, 4) is 0 Å². The Bertz CT molecular complexity index is 752. The fourth-order valence-corrected chi connectivity index (χ4v) is 4.22. The lowest BCUT2D eigenvalue weighted by Crippen LogP contribution is -2.51. The number of carbonyl (C=O) groups is 1. The Morgan fingerprint density at radius 2 is 1.97 bits per heavy atom. The highest BCUT2D eigenvalue weighted by Crippen LogP contribution is 2.40. The quantitative estimate of drug-likeness (QED) is 0.394. The molecule has 7 nitrogen and oxygen atoms in total. The minimum absolute atomic E-state index is 0.127. The summed E-state index contributed by atoms with van der Waals surface area (Å²) in [7, 11) is 1.63. The van der Waals surface area contributed by atoms with Crippen molar-refractivity contribution in [1.82, 2.24) is 4.90 Å². The van der Waals surface area contributed by atoms with E-state index in [4.69, 9.17) is 23.7 Å². The summed E-state index contributed by atoms with van der Waals surface area (Å²) in [5.74, 6) is -1.08. The van der Waals surface area contributed by atoms with Crippen LogP contribution in [-0.2, 0) is 35.0 Å². The van der Waals surface area contributed by atoms with Crippen LogP contribution in [0.3, 0.4) is 0 Å². The topological polar surface area (TPSA) is 66.5 Å². The summed E-state index contributed by atoms with van der Waals surface area (Å²) < 4.78 is 29.3. The van der Waals surface area contributed by atoms with Gasteiger partial charge in [0.2, 0.25) is 0 Å². The highest BCUT2D eigenvalue weighted by Gasteiger charge is 2.57. The van der Waals surface area contributed by atoms with Crippen molar-refractivity contribution in [1.29, 1.82) is 0 Å². The molecule has 0 amide bonds. The lowest BCUT2D eigenvalue weighted by Gasteiger charge is -2.37. The average Bonchev–Trinajstić information content (AvgIpc) is 3.22. The predicted molar refractivity (Wildman–Crippen MR) is 116 cm³/mol. The Kier molecular flexibility index (Phi) is 8.02. The molecule has 0 unspecified atom stereocenters. The van der Waals surface area contributed by atoms with Crippen molar-refractivity contribution in [2.24, 2.45) is 0 Å². The number of hydrogen-bond acceptors (Lipinski definition) is 7. The van der Waals surface area contributed by atoms with Crippen molar-refractivity contribution in [2.45, 2.75) is 63.2 Å². The van der Waals surface area contributed by atoms with Gasteiger partial charge in [0.25, 0.3) is 0 Å². The van der Waals surface area contributed by atoms with E-state index in [1.54, 1.807) is 13.2 Å². The number of ether oxygens (including phenoxy) is 5. The van der Waals surface area contributed by atoms with E-state index in [2.05, 4.69) is 30.2 Å². The number of fused-ring (bicyclic) bond motifs is 1. The van der Waals surface area contributed by atoms with E-state index in [-0.39, 0.29) is 31.1 Å². The highest BCUT2D eigenvalue weighted by molar-refractivity contribution is 5.70. The van der Waals surface area contributed by atoms with Gasteiger partial charge in [-0.1, -0.05) is 49.1 Å². The molecule has 170 valence electrons. The van der Waals surface area contributed by atoms with Crippen LogP contribution < -0.4 is 0 Å². The van der Waals surface area contributed by atoms with Crippen LogP contribution in [0.15, 0.2) is 55.6 Å². The van der Waals surface area contributed by atoms with Gasteiger partial charge in [0.1, 0.15) is 24.9 Å². The van der Waals surface area contributed by atoms with Crippen molar-refractivity contribution < 1.29 is 28.5 Å². The van der Waals surface area contributed by atoms with Crippen molar-refractivity contribution in [3.63, 3.8) is 0 Å². The van der Waals surface area contributed by atoms with E-state index in [1.807, 2.05) is 38.1 Å². The average molecular weight is 432 g/mol. The molecule has 0 bridgehead atoms. The third-order valence-corrected chi connectivity index (χ3v) is 5.48. The second kappa shape index (κ2) is 10.5. The summed E-state index contributed by atoms with van der Waals surface area (Å²) in [4.78, 5) is 14.7. The van der Waals surface area contributed by atoms with Gasteiger partial charge >= 0.3 is 5.97 Å². The molecule has 3 rings (SSSR count). The molecule has 0 radical (unpaired) electrons. The number of nitrogens with zero attached hydrogens (tertiary/aromatic N) is 1. The molecule has 2 heterocycles. The molecule has 31 heavy (non-hydrogen) atoms. The molecule has 0 spiro atoms. The maximum absolute atomic E-state index is 12.6. The summed E-state index contributed by atoms with van der Waals surface area (Å²) in [6, 6.07) is 9.73. The van der Waals surface area contributed by atoms with E-state index in [0.717, 1.165) is 5.56 Å². The Labute approximate surface area is 184 Å². The van der Waals surface area contributed by atoms with E-state index < -0.39 is 24.3 Å². The molecule has 2 aliphatic heterocycles. The lowest BCUT2D eigenvalue weighted by atomic mass is 9.98. The third kappa shape index (κ3) is 5.81. The van der Waals surface area contributed by atoms with Gasteiger partial charge in [0.05, 0.1) is 6.42 Å². The van der Waals surface area contributed by atoms with Crippen molar-refractivity contribution in [3.05, 3.63) is 61.2 Å². The van der Waals surface area contributed by atoms with Crippen LogP contribution in [0.1, 0.15) is 25.8 Å². The number of hydrogen-bond donors (Lipinski definition) is 0. The first-order valence-corrected chi connectivity index (χ1v) is 10.6. The van der Waals surface area contributed by atoms with Crippen LogP contribution >= 0.6 is 0 Å². The molecule has 7 heteroatoms. The summed E-state index contributed by atoms with van der Waals surface area (Å²) in [6.07, 6.45) is 1.72. The zero-order valence-electron chi connectivity index (χ0n) is 18.6. The van der Waals surface area contributed by atoms with Crippen LogP contribution in [0.4, 0.5) is 0 Å². The Balaban J connectivity index is 1.86. The Morgan fingerprint density at radius 3 is 2.61 bits per heavy atom. The number of methoxy groups -OCH3 is 1. The van der Waals surface area contributed by atoms with Crippen molar-refractivity contribution >= 4 is 5.97 Å². The molecule has 1 aromatic carbocycles. The van der Waals surface area contributed by atoms with Crippen LogP contribution in [0.5, 0.6) is 0 Å². The molecule has 0 aromatic heterocycles. The first-order valence-electron chi connectivity index (χ1n) is 10.6. The maximum Gasteiger partial charge on any atom is 0.307 e. The van der Waals surface area contributed by atoms with E-state index in [1.165, 1.54) is 0 Å². The van der Waals surface area contributed by atoms with Gasteiger partial charge in [-0.15, -0.1) is 6.58 Å². The van der Waals surface area contributed by atoms with Crippen molar-refractivity contribution in [2.75, 3.05) is 20.3 Å². The van der Waals surface area contributed by atoms with E-state index in [9.17, 15) is 4.79 Å². The molecule has 1 aromatic rings. The summed E-state index contributed by atoms with van der Waals surface area (Å²) >= 11 is 0. The minimum Gasteiger partial charge on any atom is -0.461 e. The standard InChI is InChI=1S/C24H33NO6/c1-6-13-25(16-17-11-9-8-10-12-17)18(15-19(26)28-14-7-2)20-21(27-5)22-23(29-20)31-24(3,4)30-22/h6-12,18,20-23H,1-2,13-16H2,3-5H3/t18-,20+,21-,22+,23+/m0/s1. The lowest BCUT2D eigenvalue weighted by molar-refractivity contribution is -0.224. The van der Waals surface area contributed by atoms with E-state index in [0.29, 0.717) is 13.1 Å². The molecule has 5 atom stereocenters. The van der Waals surface area contributed by atoms with E-state index >= 15 is 0 Å². The Morgan fingerprint density at radius 1 is 1.23 bits per heavy atom. The summed E-state index contributed by atoms with van der Waals surface area (Å²) in [5, 5.41) is 0. The predicted octanol–water partition coefficient (Wildman–Crippen LogP) is 3.05. The molecule has 0 N–H and O–H groups in total. The first kappa shape index (κ1) is 23.6. The van der Waals surface area contributed by atoms with Crippen LogP contribution in [0, 0.1) is 0 Å². The first-order chi connectivity index (χ1) is 14.9. The molecule has 0 aliphatic carbocycles. The van der Waals surface area contributed by atoms with Crippen LogP contribution in [-0.4, -0.2) is 67.6 Å². The van der Waals surface area contributed by atoms with Gasteiger partial charge in [-0.3, -0.25) is 9.69 Å². The SMILES string of the molecule is C=CCOC(=O)C[C@@H]([C@H]1O[C@@H]2OC(C)(C)O[C@@H]2[C@H]1OC)N(CC=C)Cc1ccccc1. The van der Waals surface area contributed by atoms with Gasteiger partial charge in [-0.2, -0.15) is 0 Å². The third-order valence-electron chi connectivity index (χ3n) is 5.48. The zero-order valence-corrected chi connectivity index (χ0v) is 18.6. The molecule has 2 aliphatic rings. The number of esters is 1. The van der Waals surface area contributed by atoms with Gasteiger partial charge in [0, 0.05) is 26.2 Å². The monoisotopic (exact) mass is 431 g/mol. The van der Waals surface area contributed by atoms with Crippen LogP contribution in [0.25, 0.3) is 0 Å². The molecular formula is C24H33NO6. The highest BCUT2D eigenvalue weighted by atomic mass is 16.8. The second-order valence-electron chi connectivity index (χ2n) is 8.22. The molecule has 2 saturated heterocycles. The fourth-order valence-electron chi connectivity index (χ4n) is 4.22. The number of carbonyl (C=O) groups excluding carboxylic acids is 1. The maximum atomic E-state index is 12.6.